The van der Waals surface area contributed by atoms with E-state index >= 15 is 0 Å². The zero-order valence-electron chi connectivity index (χ0n) is 17.6. The van der Waals surface area contributed by atoms with Crippen LogP contribution in [0.25, 0.3) is 0 Å². The van der Waals surface area contributed by atoms with E-state index in [0.29, 0.717) is 43.8 Å². The Morgan fingerprint density at radius 2 is 1.71 bits per heavy atom. The van der Waals surface area contributed by atoms with Gasteiger partial charge in [-0.25, -0.2) is 13.2 Å². The second kappa shape index (κ2) is 9.82. The molecule has 1 aliphatic heterocycles. The lowest BCUT2D eigenvalue weighted by molar-refractivity contribution is 0.0860. The molecule has 3 rings (SSSR count). The highest BCUT2D eigenvalue weighted by Gasteiger charge is 2.25. The summed E-state index contributed by atoms with van der Waals surface area (Å²) < 4.78 is 32.8. The summed E-state index contributed by atoms with van der Waals surface area (Å²) in [6, 6.07) is 12.9. The minimum Gasteiger partial charge on any atom is -0.450 e. The number of carbonyl (C=O) groups excluding carboxylic acids is 2. The molecule has 2 N–H and O–H groups in total. The van der Waals surface area contributed by atoms with Gasteiger partial charge < -0.3 is 15.0 Å². The van der Waals surface area contributed by atoms with Gasteiger partial charge in [0.1, 0.15) is 0 Å². The maximum atomic E-state index is 12.6. The smallest absolute Gasteiger partial charge is 0.409 e. The monoisotopic (exact) mass is 445 g/mol. The van der Waals surface area contributed by atoms with Crippen LogP contribution in [-0.2, 0) is 14.8 Å². The molecule has 2 aromatic carbocycles. The third kappa shape index (κ3) is 5.75. The number of carbonyl (C=O) groups is 2. The van der Waals surface area contributed by atoms with E-state index in [1.807, 2.05) is 19.1 Å². The number of anilines is 1. The van der Waals surface area contributed by atoms with E-state index in [-0.39, 0.29) is 22.9 Å². The summed E-state index contributed by atoms with van der Waals surface area (Å²) in [7, 11) is -3.76. The molecule has 1 heterocycles. The summed E-state index contributed by atoms with van der Waals surface area (Å²) in [4.78, 5) is 26.0. The molecule has 1 fully saturated rings. The minimum absolute atomic E-state index is 0.0516. The molecular formula is C22H27N3O5S. The van der Waals surface area contributed by atoms with E-state index in [0.717, 1.165) is 5.56 Å². The van der Waals surface area contributed by atoms with E-state index < -0.39 is 10.0 Å². The number of rotatable bonds is 6. The average Bonchev–Trinajstić information content (AvgIpc) is 2.76. The molecule has 31 heavy (non-hydrogen) atoms. The SMILES string of the molecule is CCOC(=O)N1CCC(NC(=O)c2ccc(S(=O)(=O)Nc3ccccc3C)cc2)CC1. The Labute approximate surface area is 182 Å². The molecule has 8 nitrogen and oxygen atoms in total. The number of piperidine rings is 1. The Morgan fingerprint density at radius 1 is 1.06 bits per heavy atom. The minimum atomic E-state index is -3.76. The van der Waals surface area contributed by atoms with Crippen molar-refractivity contribution in [3.63, 3.8) is 0 Å². The Balaban J connectivity index is 1.58. The first-order chi connectivity index (χ1) is 14.8. The molecule has 0 radical (unpaired) electrons. The molecule has 0 aliphatic carbocycles. The van der Waals surface area contributed by atoms with Gasteiger partial charge in [0.05, 0.1) is 17.2 Å². The number of amides is 2. The fourth-order valence-electron chi connectivity index (χ4n) is 3.37. The average molecular weight is 446 g/mol. The Kier molecular flexibility index (Phi) is 7.17. The highest BCUT2D eigenvalue weighted by atomic mass is 32.2. The third-order valence-corrected chi connectivity index (χ3v) is 6.55. The van der Waals surface area contributed by atoms with Crippen LogP contribution in [0.5, 0.6) is 0 Å². The van der Waals surface area contributed by atoms with Crippen molar-refractivity contribution in [2.75, 3.05) is 24.4 Å². The second-order valence-corrected chi connectivity index (χ2v) is 9.06. The lowest BCUT2D eigenvalue weighted by atomic mass is 10.0. The van der Waals surface area contributed by atoms with Crippen molar-refractivity contribution in [1.29, 1.82) is 0 Å². The number of benzene rings is 2. The summed E-state index contributed by atoms with van der Waals surface area (Å²) in [5, 5.41) is 2.95. The first-order valence-corrected chi connectivity index (χ1v) is 11.7. The van der Waals surface area contributed by atoms with E-state index in [1.165, 1.54) is 24.3 Å². The molecule has 9 heteroatoms. The molecule has 166 valence electrons. The summed E-state index contributed by atoms with van der Waals surface area (Å²) in [6.45, 7) is 4.96. The first-order valence-electron chi connectivity index (χ1n) is 10.2. The fourth-order valence-corrected chi connectivity index (χ4v) is 4.50. The first kappa shape index (κ1) is 22.6. The van der Waals surface area contributed by atoms with Gasteiger partial charge in [-0.2, -0.15) is 0 Å². The van der Waals surface area contributed by atoms with Gasteiger partial charge >= 0.3 is 6.09 Å². The van der Waals surface area contributed by atoms with E-state index in [1.54, 1.807) is 24.0 Å². The topological polar surface area (TPSA) is 105 Å². The number of nitrogens with one attached hydrogen (secondary N) is 2. The van der Waals surface area contributed by atoms with Crippen molar-refractivity contribution >= 4 is 27.7 Å². The highest BCUT2D eigenvalue weighted by molar-refractivity contribution is 7.92. The van der Waals surface area contributed by atoms with Gasteiger partial charge in [0.25, 0.3) is 15.9 Å². The van der Waals surface area contributed by atoms with Gasteiger partial charge in [0.2, 0.25) is 0 Å². The van der Waals surface area contributed by atoms with Crippen molar-refractivity contribution in [2.24, 2.45) is 0 Å². The van der Waals surface area contributed by atoms with Crippen LogP contribution in [0.2, 0.25) is 0 Å². The third-order valence-electron chi connectivity index (χ3n) is 5.17. The molecule has 0 atom stereocenters. The molecule has 1 saturated heterocycles. The van der Waals surface area contributed by atoms with Crippen LogP contribution in [0, 0.1) is 6.92 Å². The lowest BCUT2D eigenvalue weighted by Crippen LogP contribution is -2.46. The van der Waals surface area contributed by atoms with Crippen molar-refractivity contribution < 1.29 is 22.7 Å². The van der Waals surface area contributed by atoms with Crippen LogP contribution >= 0.6 is 0 Å². The summed E-state index contributed by atoms with van der Waals surface area (Å²) >= 11 is 0. The maximum Gasteiger partial charge on any atom is 0.409 e. The number of sulfonamides is 1. The number of likely N-dealkylation sites (tertiary alicyclic amines) is 1. The van der Waals surface area contributed by atoms with Crippen molar-refractivity contribution in [3.8, 4) is 0 Å². The number of hydrogen-bond acceptors (Lipinski definition) is 5. The molecule has 0 saturated carbocycles. The molecule has 1 aliphatic rings. The molecule has 2 aromatic rings. The van der Waals surface area contributed by atoms with E-state index in [9.17, 15) is 18.0 Å². The van der Waals surface area contributed by atoms with Crippen LogP contribution in [0.3, 0.4) is 0 Å². The van der Waals surface area contributed by atoms with Crippen LogP contribution in [-0.4, -0.2) is 51.1 Å². The van der Waals surface area contributed by atoms with Gasteiger partial charge in [-0.15, -0.1) is 0 Å². The molecule has 0 spiro atoms. The largest absolute Gasteiger partial charge is 0.450 e. The zero-order valence-corrected chi connectivity index (χ0v) is 18.4. The standard InChI is InChI=1S/C22H27N3O5S/c1-3-30-22(27)25-14-12-18(13-15-25)23-21(26)17-8-10-19(11-9-17)31(28,29)24-20-7-5-4-6-16(20)2/h4-11,18,24H,3,12-15H2,1-2H3,(H,23,26). The number of hydrogen-bond donors (Lipinski definition) is 2. The summed E-state index contributed by atoms with van der Waals surface area (Å²) in [6.07, 6.45) is 0.942. The Hall–Kier alpha value is -3.07. The number of nitrogens with zero attached hydrogens (tertiary/aromatic N) is 1. The van der Waals surface area contributed by atoms with Gasteiger partial charge in [0.15, 0.2) is 0 Å². The molecule has 0 aromatic heterocycles. The van der Waals surface area contributed by atoms with Crippen LogP contribution < -0.4 is 10.0 Å². The number of para-hydroxylation sites is 1. The molecule has 0 unspecified atom stereocenters. The predicted molar refractivity (Wildman–Crippen MR) is 118 cm³/mol. The van der Waals surface area contributed by atoms with Crippen molar-refractivity contribution in [3.05, 3.63) is 59.7 Å². The highest BCUT2D eigenvalue weighted by Crippen LogP contribution is 2.20. The van der Waals surface area contributed by atoms with Gasteiger partial charge in [-0.05, 0) is 62.6 Å². The van der Waals surface area contributed by atoms with Crippen LogP contribution in [0.4, 0.5) is 10.5 Å². The van der Waals surface area contributed by atoms with E-state index in [4.69, 9.17) is 4.74 Å². The molecule has 0 bridgehead atoms. The van der Waals surface area contributed by atoms with Gasteiger partial charge in [0, 0.05) is 24.7 Å². The van der Waals surface area contributed by atoms with E-state index in [2.05, 4.69) is 10.0 Å². The predicted octanol–water partition coefficient (Wildman–Crippen LogP) is 3.15. The Bertz CT molecular complexity index is 1030. The number of ether oxygens (including phenoxy) is 1. The molecule has 2 amide bonds. The van der Waals surface area contributed by atoms with Gasteiger partial charge in [-0.3, -0.25) is 9.52 Å². The fraction of sp³-hybridized carbons (Fsp3) is 0.364. The maximum absolute atomic E-state index is 12.6. The van der Waals surface area contributed by atoms with Crippen molar-refractivity contribution in [2.45, 2.75) is 37.6 Å². The summed E-state index contributed by atoms with van der Waals surface area (Å²) in [5.41, 5.74) is 1.71. The second-order valence-electron chi connectivity index (χ2n) is 7.38. The number of aryl methyl sites for hydroxylation is 1. The Morgan fingerprint density at radius 3 is 2.32 bits per heavy atom. The quantitative estimate of drug-likeness (QED) is 0.711. The van der Waals surface area contributed by atoms with Gasteiger partial charge in [-0.1, -0.05) is 18.2 Å². The summed E-state index contributed by atoms with van der Waals surface area (Å²) in [5.74, 6) is -0.273. The zero-order chi connectivity index (χ0) is 22.4. The van der Waals surface area contributed by atoms with Crippen molar-refractivity contribution in [1.82, 2.24) is 10.2 Å². The lowest BCUT2D eigenvalue weighted by Gasteiger charge is -2.31. The van der Waals surface area contributed by atoms with Crippen LogP contribution in [0.15, 0.2) is 53.4 Å². The molecular weight excluding hydrogens is 418 g/mol. The van der Waals surface area contributed by atoms with Crippen LogP contribution in [0.1, 0.15) is 35.7 Å². The normalized spacial score (nSPS) is 14.7.